The number of amides is 1. The molecule has 0 saturated heterocycles. The van der Waals surface area contributed by atoms with Gasteiger partial charge < -0.3 is 10.4 Å². The van der Waals surface area contributed by atoms with E-state index >= 15 is 0 Å². The summed E-state index contributed by atoms with van der Waals surface area (Å²) in [6.07, 6.45) is 5.16. The Hall–Kier alpha value is -1.62. The molecule has 4 aliphatic carbocycles. The molecule has 5 rings (SSSR count). The van der Waals surface area contributed by atoms with Crippen LogP contribution in [0.3, 0.4) is 0 Å². The molecule has 22 heavy (non-hydrogen) atoms. The predicted molar refractivity (Wildman–Crippen MR) is 85.1 cm³/mol. The van der Waals surface area contributed by atoms with E-state index in [1.54, 1.807) is 0 Å². The van der Waals surface area contributed by atoms with Crippen LogP contribution in [0.2, 0.25) is 0 Å². The Kier molecular flexibility index (Phi) is 3.15. The second kappa shape index (κ2) is 4.95. The van der Waals surface area contributed by atoms with Crippen molar-refractivity contribution in [2.45, 2.75) is 6.42 Å². The quantitative estimate of drug-likeness (QED) is 0.812. The predicted octanol–water partition coefficient (Wildman–Crippen LogP) is 3.16. The van der Waals surface area contributed by atoms with E-state index in [0.717, 1.165) is 10.9 Å². The first-order chi connectivity index (χ1) is 10.6. The molecule has 2 fully saturated rings. The number of fused-ring (bicyclic) bond motifs is 1. The summed E-state index contributed by atoms with van der Waals surface area (Å²) < 4.78 is 0.882. The number of halogens is 1. The van der Waals surface area contributed by atoms with Crippen molar-refractivity contribution in [1.29, 1.82) is 0 Å². The van der Waals surface area contributed by atoms with Gasteiger partial charge in [-0.3, -0.25) is 9.59 Å². The molecule has 6 atom stereocenters. The van der Waals surface area contributed by atoms with Crippen LogP contribution >= 0.6 is 15.9 Å². The van der Waals surface area contributed by atoms with E-state index < -0.39 is 17.8 Å². The molecule has 1 aromatic rings. The number of carbonyl (C=O) groups is 2. The lowest BCUT2D eigenvalue weighted by atomic mass is 9.62. The largest absolute Gasteiger partial charge is 0.481 e. The highest BCUT2D eigenvalue weighted by Crippen LogP contribution is 2.63. The van der Waals surface area contributed by atoms with E-state index in [2.05, 4.69) is 27.3 Å². The molecule has 0 heterocycles. The van der Waals surface area contributed by atoms with Crippen LogP contribution in [-0.2, 0) is 9.59 Å². The SMILES string of the molecule is O=C(O)[C@@H]1[C@H]2C=C[C@@H]([C@@H]3C[C@@H]23)[C@@H]1C(=O)Nc1cccc(Br)c1. The fraction of sp³-hybridized carbons (Fsp3) is 0.412. The summed E-state index contributed by atoms with van der Waals surface area (Å²) in [7, 11) is 0. The van der Waals surface area contributed by atoms with Gasteiger partial charge in [-0.25, -0.2) is 0 Å². The maximum Gasteiger partial charge on any atom is 0.307 e. The third-order valence-corrected chi connectivity index (χ3v) is 5.83. The topological polar surface area (TPSA) is 66.4 Å². The van der Waals surface area contributed by atoms with Crippen LogP contribution in [-0.4, -0.2) is 17.0 Å². The first kappa shape index (κ1) is 14.0. The normalized spacial score (nSPS) is 37.5. The Morgan fingerprint density at radius 1 is 1.14 bits per heavy atom. The molecule has 0 spiro atoms. The number of carboxylic acid groups (broad SMARTS) is 1. The maximum absolute atomic E-state index is 12.7. The summed E-state index contributed by atoms with van der Waals surface area (Å²) in [5.74, 6) is -1.00. The Labute approximate surface area is 136 Å². The molecule has 0 unspecified atom stereocenters. The zero-order valence-electron chi connectivity index (χ0n) is 11.8. The number of hydrogen-bond donors (Lipinski definition) is 2. The average Bonchev–Trinajstić information content (AvgIpc) is 3.28. The molecule has 5 heteroatoms. The smallest absolute Gasteiger partial charge is 0.307 e. The average molecular weight is 362 g/mol. The second-order valence-electron chi connectivity index (χ2n) is 6.49. The van der Waals surface area contributed by atoms with Gasteiger partial charge in [0.05, 0.1) is 11.8 Å². The van der Waals surface area contributed by atoms with Crippen LogP contribution < -0.4 is 5.32 Å². The summed E-state index contributed by atoms with van der Waals surface area (Å²) in [4.78, 5) is 24.4. The van der Waals surface area contributed by atoms with E-state index in [1.165, 1.54) is 0 Å². The standard InChI is InChI=1S/C17H16BrNO3/c18-8-2-1-3-9(6-8)19-16(20)14-10-4-5-11(13-7-12(10)13)15(14)17(21)22/h1-6,10-15H,7H2,(H,19,20)(H,21,22)/t10-,11-,12-,13-,14-,15+/m0/s1. The molecular formula is C17H16BrNO3. The highest BCUT2D eigenvalue weighted by molar-refractivity contribution is 9.10. The lowest BCUT2D eigenvalue weighted by molar-refractivity contribution is -0.152. The van der Waals surface area contributed by atoms with E-state index in [0.29, 0.717) is 17.5 Å². The molecule has 0 aromatic heterocycles. The molecular weight excluding hydrogens is 346 g/mol. The second-order valence-corrected chi connectivity index (χ2v) is 7.41. The number of benzene rings is 1. The van der Waals surface area contributed by atoms with Gasteiger partial charge in [-0.1, -0.05) is 34.1 Å². The van der Waals surface area contributed by atoms with Crippen molar-refractivity contribution in [3.05, 3.63) is 40.9 Å². The third-order valence-electron chi connectivity index (χ3n) is 5.33. The fourth-order valence-electron chi connectivity index (χ4n) is 4.36. The molecule has 114 valence electrons. The van der Waals surface area contributed by atoms with Gasteiger partial charge in [0.1, 0.15) is 0 Å². The number of rotatable bonds is 3. The minimum absolute atomic E-state index is 0.0192. The molecule has 0 aliphatic heterocycles. The highest BCUT2D eigenvalue weighted by atomic mass is 79.9. The molecule has 0 radical (unpaired) electrons. The van der Waals surface area contributed by atoms with Crippen LogP contribution in [0, 0.1) is 35.5 Å². The summed E-state index contributed by atoms with van der Waals surface area (Å²) in [5, 5.41) is 12.5. The minimum atomic E-state index is -0.848. The summed E-state index contributed by atoms with van der Waals surface area (Å²) in [6.45, 7) is 0. The Morgan fingerprint density at radius 2 is 1.82 bits per heavy atom. The van der Waals surface area contributed by atoms with Crippen LogP contribution in [0.1, 0.15) is 6.42 Å². The summed E-state index contributed by atoms with van der Waals surface area (Å²) >= 11 is 3.38. The van der Waals surface area contributed by atoms with Gasteiger partial charge in [0.25, 0.3) is 0 Å². The van der Waals surface area contributed by atoms with Crippen molar-refractivity contribution in [3.63, 3.8) is 0 Å². The van der Waals surface area contributed by atoms with Crippen molar-refractivity contribution in [2.75, 3.05) is 5.32 Å². The van der Waals surface area contributed by atoms with Gasteiger partial charge >= 0.3 is 5.97 Å². The molecule has 1 amide bonds. The number of carbonyl (C=O) groups excluding carboxylic acids is 1. The molecule has 2 N–H and O–H groups in total. The first-order valence-corrected chi connectivity index (χ1v) is 8.33. The number of nitrogens with one attached hydrogen (secondary N) is 1. The van der Waals surface area contributed by atoms with Crippen molar-refractivity contribution in [2.24, 2.45) is 35.5 Å². The van der Waals surface area contributed by atoms with Crippen LogP contribution in [0.5, 0.6) is 0 Å². The summed E-state index contributed by atoms with van der Waals surface area (Å²) in [6, 6.07) is 7.37. The molecule has 2 saturated carbocycles. The summed E-state index contributed by atoms with van der Waals surface area (Å²) in [5.41, 5.74) is 0.696. The van der Waals surface area contributed by atoms with Gasteiger partial charge in [0, 0.05) is 10.2 Å². The van der Waals surface area contributed by atoms with Gasteiger partial charge in [0.15, 0.2) is 0 Å². The Balaban J connectivity index is 1.61. The Bertz CT molecular complexity index is 686. The van der Waals surface area contributed by atoms with E-state index in [4.69, 9.17) is 0 Å². The van der Waals surface area contributed by atoms with E-state index in [1.807, 2.05) is 30.3 Å². The minimum Gasteiger partial charge on any atom is -0.481 e. The van der Waals surface area contributed by atoms with E-state index in [9.17, 15) is 14.7 Å². The third kappa shape index (κ3) is 2.10. The lowest BCUT2D eigenvalue weighted by Crippen LogP contribution is -2.48. The van der Waals surface area contributed by atoms with Gasteiger partial charge in [0.2, 0.25) is 5.91 Å². The lowest BCUT2D eigenvalue weighted by Gasteiger charge is -2.41. The van der Waals surface area contributed by atoms with Crippen molar-refractivity contribution >= 4 is 33.5 Å². The number of carboxylic acids is 1. The van der Waals surface area contributed by atoms with Crippen molar-refractivity contribution in [1.82, 2.24) is 0 Å². The van der Waals surface area contributed by atoms with Crippen molar-refractivity contribution < 1.29 is 14.7 Å². The van der Waals surface area contributed by atoms with Crippen LogP contribution in [0.4, 0.5) is 5.69 Å². The van der Waals surface area contributed by atoms with Crippen LogP contribution in [0.15, 0.2) is 40.9 Å². The first-order valence-electron chi connectivity index (χ1n) is 7.54. The van der Waals surface area contributed by atoms with E-state index in [-0.39, 0.29) is 17.7 Å². The zero-order valence-corrected chi connectivity index (χ0v) is 13.4. The number of anilines is 1. The van der Waals surface area contributed by atoms with Gasteiger partial charge in [-0.2, -0.15) is 0 Å². The van der Waals surface area contributed by atoms with Gasteiger partial charge in [-0.05, 0) is 48.3 Å². The monoisotopic (exact) mass is 361 g/mol. The van der Waals surface area contributed by atoms with Gasteiger partial charge in [-0.15, -0.1) is 0 Å². The highest BCUT2D eigenvalue weighted by Gasteiger charge is 2.62. The Morgan fingerprint density at radius 3 is 2.45 bits per heavy atom. The number of allylic oxidation sites excluding steroid dienone is 2. The van der Waals surface area contributed by atoms with Crippen LogP contribution in [0.25, 0.3) is 0 Å². The zero-order chi connectivity index (χ0) is 15.4. The van der Waals surface area contributed by atoms with Crippen molar-refractivity contribution in [3.8, 4) is 0 Å². The molecule has 2 bridgehead atoms. The molecule has 4 nitrogen and oxygen atoms in total. The number of hydrogen-bond acceptors (Lipinski definition) is 2. The molecule has 4 aliphatic rings. The number of aliphatic carboxylic acids is 1. The fourth-order valence-corrected chi connectivity index (χ4v) is 4.76. The molecule has 1 aromatic carbocycles. The maximum atomic E-state index is 12.7.